The van der Waals surface area contributed by atoms with E-state index in [0.29, 0.717) is 35.7 Å². The van der Waals surface area contributed by atoms with Gasteiger partial charge in [-0.2, -0.15) is 28.8 Å². The highest BCUT2D eigenvalue weighted by atomic mass is 19.3. The standard InChI is InChI=1S/C25H24F3N9O/c1-34-8-9-35(18(12-26)15-34)23-11-20(24(38)30-14-17-4-2-16(13-29)3-5-17)32-22-10-19(33-37(22)23)21-6-7-31-36(21)25(27)28/h2-7,10-11,18,25H,8-9,12,14-15H2,1H3,(H,30,38)/t18-/m1/s1. The summed E-state index contributed by atoms with van der Waals surface area (Å²) < 4.78 is 43.0. The molecule has 1 aliphatic rings. The largest absolute Gasteiger partial charge is 0.348 e. The van der Waals surface area contributed by atoms with Crippen LogP contribution in [0.3, 0.4) is 0 Å². The number of carbonyl (C=O) groups is 1. The quantitative estimate of drug-likeness (QED) is 0.397. The average Bonchev–Trinajstić information content (AvgIpc) is 3.59. The molecule has 1 amide bonds. The Labute approximate surface area is 215 Å². The number of likely N-dealkylation sites (N-methyl/N-ethyl adjacent to an activating group) is 1. The highest BCUT2D eigenvalue weighted by Gasteiger charge is 2.29. The van der Waals surface area contributed by atoms with Crippen LogP contribution >= 0.6 is 0 Å². The normalized spacial score (nSPS) is 16.2. The van der Waals surface area contributed by atoms with Crippen molar-refractivity contribution in [3.05, 3.63) is 65.5 Å². The maximum absolute atomic E-state index is 14.1. The lowest BCUT2D eigenvalue weighted by Crippen LogP contribution is -2.53. The van der Waals surface area contributed by atoms with Crippen LogP contribution in [-0.4, -0.2) is 74.6 Å². The van der Waals surface area contributed by atoms with Gasteiger partial charge in [-0.15, -0.1) is 0 Å². The van der Waals surface area contributed by atoms with Crippen LogP contribution in [0.4, 0.5) is 19.0 Å². The second-order valence-electron chi connectivity index (χ2n) is 8.99. The second kappa shape index (κ2) is 10.5. The number of fused-ring (bicyclic) bond motifs is 1. The maximum Gasteiger partial charge on any atom is 0.333 e. The number of piperazine rings is 1. The number of rotatable bonds is 7. The van der Waals surface area contributed by atoms with Crippen molar-refractivity contribution in [1.29, 1.82) is 5.26 Å². The lowest BCUT2D eigenvalue weighted by molar-refractivity contribution is 0.0584. The zero-order valence-corrected chi connectivity index (χ0v) is 20.4. The van der Waals surface area contributed by atoms with Gasteiger partial charge in [0.15, 0.2) is 5.65 Å². The Morgan fingerprint density at radius 3 is 2.71 bits per heavy atom. The van der Waals surface area contributed by atoms with Crippen LogP contribution in [0.5, 0.6) is 0 Å². The van der Waals surface area contributed by atoms with Gasteiger partial charge in [-0.25, -0.2) is 14.1 Å². The number of hydrogen-bond donors (Lipinski definition) is 1. The third-order valence-corrected chi connectivity index (χ3v) is 6.45. The van der Waals surface area contributed by atoms with Gasteiger partial charge in [0, 0.05) is 44.5 Å². The van der Waals surface area contributed by atoms with E-state index in [9.17, 15) is 18.0 Å². The van der Waals surface area contributed by atoms with Gasteiger partial charge in [0.05, 0.1) is 23.4 Å². The molecule has 196 valence electrons. The first-order valence-electron chi connectivity index (χ1n) is 11.9. The molecular formula is C25H24F3N9O. The van der Waals surface area contributed by atoms with E-state index in [1.54, 1.807) is 24.3 Å². The predicted octanol–water partition coefficient (Wildman–Crippen LogP) is 2.88. The van der Waals surface area contributed by atoms with Gasteiger partial charge in [-0.3, -0.25) is 4.79 Å². The van der Waals surface area contributed by atoms with E-state index in [1.807, 2.05) is 22.9 Å². The molecule has 1 atom stereocenters. The average molecular weight is 524 g/mol. The molecule has 13 heteroatoms. The number of nitrogens with one attached hydrogen (secondary N) is 1. The number of amides is 1. The molecular weight excluding hydrogens is 499 g/mol. The van der Waals surface area contributed by atoms with Gasteiger partial charge in [-0.1, -0.05) is 12.1 Å². The summed E-state index contributed by atoms with van der Waals surface area (Å²) in [5, 5.41) is 19.9. The molecule has 0 unspecified atom stereocenters. The Hall–Kier alpha value is -4.44. The molecule has 0 saturated carbocycles. The number of nitriles is 1. The first-order valence-corrected chi connectivity index (χ1v) is 11.9. The third kappa shape index (κ3) is 4.90. The summed E-state index contributed by atoms with van der Waals surface area (Å²) in [6, 6.07) is 12.8. The number of hydrogen-bond acceptors (Lipinski definition) is 7. The molecule has 1 N–H and O–H groups in total. The van der Waals surface area contributed by atoms with E-state index >= 15 is 0 Å². The molecule has 0 radical (unpaired) electrons. The molecule has 38 heavy (non-hydrogen) atoms. The van der Waals surface area contributed by atoms with Crippen LogP contribution in [-0.2, 0) is 6.54 Å². The van der Waals surface area contributed by atoms with Crippen LogP contribution in [0, 0.1) is 11.3 Å². The minimum absolute atomic E-state index is 0.0755. The first-order chi connectivity index (χ1) is 18.4. The number of aromatic nitrogens is 5. The van der Waals surface area contributed by atoms with Crippen molar-refractivity contribution < 1.29 is 18.0 Å². The minimum Gasteiger partial charge on any atom is -0.348 e. The molecule has 0 spiro atoms. The monoisotopic (exact) mass is 523 g/mol. The number of alkyl halides is 3. The number of carbonyl (C=O) groups excluding carboxylic acids is 1. The molecule has 1 aromatic carbocycles. The number of nitrogens with zero attached hydrogens (tertiary/aromatic N) is 8. The van der Waals surface area contributed by atoms with E-state index < -0.39 is 25.2 Å². The van der Waals surface area contributed by atoms with Crippen molar-refractivity contribution in [2.24, 2.45) is 0 Å². The summed E-state index contributed by atoms with van der Waals surface area (Å²) in [5.74, 6) is -0.0342. The van der Waals surface area contributed by atoms with Crippen LogP contribution in [0.1, 0.15) is 28.2 Å². The van der Waals surface area contributed by atoms with Crippen molar-refractivity contribution >= 4 is 17.4 Å². The van der Waals surface area contributed by atoms with Crippen LogP contribution in [0.15, 0.2) is 48.7 Å². The fraction of sp³-hybridized carbons (Fsp3) is 0.320. The Balaban J connectivity index is 1.53. The topological polar surface area (TPSA) is 107 Å². The number of halogens is 3. The molecule has 10 nitrogen and oxygen atoms in total. The molecule has 4 aromatic rings. The maximum atomic E-state index is 14.1. The van der Waals surface area contributed by atoms with Gasteiger partial charge in [-0.05, 0) is 30.8 Å². The van der Waals surface area contributed by atoms with Crippen molar-refractivity contribution in [3.63, 3.8) is 0 Å². The third-order valence-electron chi connectivity index (χ3n) is 6.45. The van der Waals surface area contributed by atoms with Gasteiger partial charge in [0.25, 0.3) is 5.91 Å². The SMILES string of the molecule is CN1CCN(c2cc(C(=O)NCc3ccc(C#N)cc3)nc3cc(-c4ccnn4C(F)F)nn23)[C@H](CF)C1. The molecule has 1 saturated heterocycles. The number of anilines is 1. The Bertz CT molecular complexity index is 1490. The van der Waals surface area contributed by atoms with Gasteiger partial charge in [0.2, 0.25) is 0 Å². The molecule has 1 aliphatic heterocycles. The molecule has 1 fully saturated rings. The van der Waals surface area contributed by atoms with E-state index in [-0.39, 0.29) is 29.3 Å². The van der Waals surface area contributed by atoms with Gasteiger partial charge < -0.3 is 15.1 Å². The van der Waals surface area contributed by atoms with Crippen molar-refractivity contribution in [3.8, 4) is 17.5 Å². The van der Waals surface area contributed by atoms with Gasteiger partial charge >= 0.3 is 6.55 Å². The van der Waals surface area contributed by atoms with E-state index in [2.05, 4.69) is 20.5 Å². The lowest BCUT2D eigenvalue weighted by Gasteiger charge is -2.40. The van der Waals surface area contributed by atoms with E-state index in [4.69, 9.17) is 5.26 Å². The van der Waals surface area contributed by atoms with E-state index in [0.717, 1.165) is 5.56 Å². The smallest absolute Gasteiger partial charge is 0.333 e. The first kappa shape index (κ1) is 25.2. The Morgan fingerprint density at radius 1 is 1.21 bits per heavy atom. The number of benzene rings is 1. The van der Waals surface area contributed by atoms with Crippen LogP contribution in [0.2, 0.25) is 0 Å². The fourth-order valence-electron chi connectivity index (χ4n) is 4.49. The summed E-state index contributed by atoms with van der Waals surface area (Å²) in [5.41, 5.74) is 1.91. The van der Waals surface area contributed by atoms with Crippen molar-refractivity contribution in [2.75, 3.05) is 38.3 Å². The summed E-state index contributed by atoms with van der Waals surface area (Å²) in [4.78, 5) is 21.4. The Morgan fingerprint density at radius 2 is 2.00 bits per heavy atom. The zero-order chi connectivity index (χ0) is 26.8. The molecule has 0 aliphatic carbocycles. The van der Waals surface area contributed by atoms with Crippen molar-refractivity contribution in [2.45, 2.75) is 19.1 Å². The van der Waals surface area contributed by atoms with Crippen LogP contribution < -0.4 is 10.2 Å². The molecule has 4 heterocycles. The van der Waals surface area contributed by atoms with Crippen LogP contribution in [0.25, 0.3) is 17.0 Å². The molecule has 5 rings (SSSR count). The molecule has 3 aromatic heterocycles. The minimum atomic E-state index is -2.87. The molecule has 0 bridgehead atoms. The highest BCUT2D eigenvalue weighted by molar-refractivity contribution is 5.93. The summed E-state index contributed by atoms with van der Waals surface area (Å²) in [6.07, 6.45) is 1.25. The summed E-state index contributed by atoms with van der Waals surface area (Å²) >= 11 is 0. The van der Waals surface area contributed by atoms with Gasteiger partial charge in [0.1, 0.15) is 23.9 Å². The van der Waals surface area contributed by atoms with E-state index in [1.165, 1.54) is 28.9 Å². The lowest BCUT2D eigenvalue weighted by atomic mass is 10.1. The second-order valence-corrected chi connectivity index (χ2v) is 8.99. The Kier molecular flexibility index (Phi) is 6.97. The zero-order valence-electron chi connectivity index (χ0n) is 20.4. The summed E-state index contributed by atoms with van der Waals surface area (Å²) in [7, 11) is 1.90. The van der Waals surface area contributed by atoms with Crippen molar-refractivity contribution in [1.82, 2.24) is 34.6 Å². The highest BCUT2D eigenvalue weighted by Crippen LogP contribution is 2.28. The predicted molar refractivity (Wildman–Crippen MR) is 132 cm³/mol. The summed E-state index contributed by atoms with van der Waals surface area (Å²) in [6.45, 7) is -1.69. The fourth-order valence-corrected chi connectivity index (χ4v) is 4.49.